The van der Waals surface area contributed by atoms with Gasteiger partial charge in [-0.05, 0) is 37.3 Å². The molecule has 0 aromatic heterocycles. The Kier molecular flexibility index (Phi) is 4.65. The fraction of sp³-hybridized carbons (Fsp3) is 0.133. The van der Waals surface area contributed by atoms with Crippen molar-refractivity contribution in [1.82, 2.24) is 0 Å². The Hall–Kier alpha value is -2.27. The van der Waals surface area contributed by atoms with E-state index in [0.29, 0.717) is 11.4 Å². The third kappa shape index (κ3) is 3.44. The summed E-state index contributed by atoms with van der Waals surface area (Å²) in [7, 11) is 0. The minimum atomic E-state index is -0.541. The molecule has 21 heavy (non-hydrogen) atoms. The largest absolute Gasteiger partial charge is 0.462 e. The van der Waals surface area contributed by atoms with Crippen molar-refractivity contribution in [2.75, 3.05) is 17.7 Å². The number of benzene rings is 2. The molecule has 3 N–H and O–H groups in total. The number of esters is 1. The van der Waals surface area contributed by atoms with Crippen molar-refractivity contribution in [3.8, 4) is 0 Å². The fourth-order valence-electron chi connectivity index (χ4n) is 1.81. The summed E-state index contributed by atoms with van der Waals surface area (Å²) in [5.74, 6) is -1.07. The monoisotopic (exact) mass is 308 g/mol. The van der Waals surface area contributed by atoms with Crippen molar-refractivity contribution in [3.63, 3.8) is 0 Å². The van der Waals surface area contributed by atoms with E-state index in [2.05, 4.69) is 5.32 Å². The number of ether oxygens (including phenoxy) is 1. The minimum Gasteiger partial charge on any atom is -0.462 e. The molecule has 2 rings (SSSR count). The Morgan fingerprint density at radius 2 is 2.14 bits per heavy atom. The molecule has 0 heterocycles. The van der Waals surface area contributed by atoms with Gasteiger partial charge in [-0.3, -0.25) is 0 Å². The molecule has 6 heteroatoms. The first-order valence-electron chi connectivity index (χ1n) is 6.30. The van der Waals surface area contributed by atoms with Crippen LogP contribution in [0.5, 0.6) is 0 Å². The lowest BCUT2D eigenvalue weighted by molar-refractivity contribution is 0.0527. The molecule has 0 fully saturated rings. The van der Waals surface area contributed by atoms with E-state index in [4.69, 9.17) is 22.1 Å². The van der Waals surface area contributed by atoms with Crippen LogP contribution in [-0.4, -0.2) is 12.6 Å². The van der Waals surface area contributed by atoms with Crippen molar-refractivity contribution in [2.45, 2.75) is 6.92 Å². The highest BCUT2D eigenvalue weighted by Gasteiger charge is 2.16. The highest BCUT2D eigenvalue weighted by atomic mass is 35.5. The van der Waals surface area contributed by atoms with Gasteiger partial charge in [-0.15, -0.1) is 0 Å². The summed E-state index contributed by atoms with van der Waals surface area (Å²) in [5, 5.41) is 3.10. The molecule has 0 spiro atoms. The Morgan fingerprint density at radius 1 is 1.38 bits per heavy atom. The van der Waals surface area contributed by atoms with Gasteiger partial charge in [0.05, 0.1) is 29.2 Å². The van der Waals surface area contributed by atoms with Crippen molar-refractivity contribution in [1.29, 1.82) is 0 Å². The first-order valence-corrected chi connectivity index (χ1v) is 6.68. The van der Waals surface area contributed by atoms with E-state index in [1.54, 1.807) is 25.1 Å². The molecule has 2 aromatic carbocycles. The van der Waals surface area contributed by atoms with Crippen molar-refractivity contribution < 1.29 is 13.9 Å². The molecule has 0 aliphatic heterocycles. The second-order valence-electron chi connectivity index (χ2n) is 4.24. The predicted molar refractivity (Wildman–Crippen MR) is 81.5 cm³/mol. The number of nitrogens with one attached hydrogen (secondary N) is 1. The highest BCUT2D eigenvalue weighted by molar-refractivity contribution is 6.30. The summed E-state index contributed by atoms with van der Waals surface area (Å²) >= 11 is 5.71. The molecule has 0 radical (unpaired) electrons. The Bertz CT molecular complexity index is 677. The molecule has 2 aromatic rings. The van der Waals surface area contributed by atoms with Crippen LogP contribution in [0.1, 0.15) is 17.3 Å². The average Bonchev–Trinajstić information content (AvgIpc) is 2.43. The number of nitrogens with two attached hydrogens (primary N) is 1. The second-order valence-corrected chi connectivity index (χ2v) is 4.68. The number of anilines is 3. The van der Waals surface area contributed by atoms with Gasteiger partial charge in [0.2, 0.25) is 0 Å². The summed E-state index contributed by atoms with van der Waals surface area (Å²) in [6.45, 7) is 1.94. The van der Waals surface area contributed by atoms with Gasteiger partial charge in [0, 0.05) is 5.02 Å². The minimum absolute atomic E-state index is 0.169. The zero-order chi connectivity index (χ0) is 15.4. The molecule has 0 aliphatic rings. The predicted octanol–water partition coefficient (Wildman–Crippen LogP) is 3.98. The standard InChI is InChI=1S/C15H14ClFN2O2/c1-2-21-15(20)10-4-3-5-12(18)14(10)19-13-7-6-9(16)8-11(13)17/h3-8,19H,2,18H2,1H3. The average molecular weight is 309 g/mol. The number of halogens is 2. The van der Waals surface area contributed by atoms with E-state index in [1.165, 1.54) is 18.2 Å². The zero-order valence-electron chi connectivity index (χ0n) is 11.3. The maximum absolute atomic E-state index is 13.8. The van der Waals surface area contributed by atoms with Gasteiger partial charge in [0.25, 0.3) is 0 Å². The molecule has 0 bridgehead atoms. The number of rotatable bonds is 4. The van der Waals surface area contributed by atoms with E-state index in [0.717, 1.165) is 0 Å². The van der Waals surface area contributed by atoms with Crippen LogP contribution in [0.25, 0.3) is 0 Å². The maximum atomic E-state index is 13.8. The van der Waals surface area contributed by atoms with Gasteiger partial charge in [0.15, 0.2) is 0 Å². The first-order chi connectivity index (χ1) is 10.0. The molecular formula is C15H14ClFN2O2. The third-order valence-electron chi connectivity index (χ3n) is 2.78. The molecule has 0 saturated heterocycles. The Labute approximate surface area is 126 Å². The van der Waals surface area contributed by atoms with Crippen LogP contribution in [0.15, 0.2) is 36.4 Å². The van der Waals surface area contributed by atoms with Crippen LogP contribution < -0.4 is 11.1 Å². The van der Waals surface area contributed by atoms with Crippen LogP contribution in [0, 0.1) is 5.82 Å². The number of para-hydroxylation sites is 1. The fourth-order valence-corrected chi connectivity index (χ4v) is 1.97. The van der Waals surface area contributed by atoms with E-state index in [-0.39, 0.29) is 22.9 Å². The van der Waals surface area contributed by atoms with Crippen LogP contribution in [0.3, 0.4) is 0 Å². The lowest BCUT2D eigenvalue weighted by Crippen LogP contribution is -2.10. The van der Waals surface area contributed by atoms with E-state index in [9.17, 15) is 9.18 Å². The van der Waals surface area contributed by atoms with Gasteiger partial charge in [-0.2, -0.15) is 0 Å². The smallest absolute Gasteiger partial charge is 0.340 e. The van der Waals surface area contributed by atoms with Crippen molar-refractivity contribution in [2.24, 2.45) is 0 Å². The molecule has 0 unspecified atom stereocenters. The molecule has 0 aliphatic carbocycles. The van der Waals surface area contributed by atoms with Crippen LogP contribution in [0.4, 0.5) is 21.5 Å². The SMILES string of the molecule is CCOC(=O)c1cccc(N)c1Nc1ccc(Cl)cc1F. The summed E-state index contributed by atoms with van der Waals surface area (Å²) in [6.07, 6.45) is 0. The van der Waals surface area contributed by atoms with E-state index >= 15 is 0 Å². The third-order valence-corrected chi connectivity index (χ3v) is 3.02. The number of carbonyl (C=O) groups excluding carboxylic acids is 1. The first kappa shape index (κ1) is 15.1. The van der Waals surface area contributed by atoms with Crippen LogP contribution >= 0.6 is 11.6 Å². The lowest BCUT2D eigenvalue weighted by Gasteiger charge is -2.14. The van der Waals surface area contributed by atoms with Gasteiger partial charge in [-0.25, -0.2) is 9.18 Å². The zero-order valence-corrected chi connectivity index (χ0v) is 12.1. The maximum Gasteiger partial charge on any atom is 0.340 e. The van der Waals surface area contributed by atoms with Gasteiger partial charge < -0.3 is 15.8 Å². The van der Waals surface area contributed by atoms with Crippen molar-refractivity contribution >= 4 is 34.6 Å². The number of carbonyl (C=O) groups is 1. The summed E-state index contributed by atoms with van der Waals surface area (Å²) in [4.78, 5) is 11.9. The number of nitrogen functional groups attached to an aromatic ring is 1. The van der Waals surface area contributed by atoms with Crippen LogP contribution in [-0.2, 0) is 4.74 Å². The molecular weight excluding hydrogens is 295 g/mol. The quantitative estimate of drug-likeness (QED) is 0.662. The molecule has 110 valence electrons. The summed E-state index contributed by atoms with van der Waals surface area (Å²) in [5.41, 5.74) is 6.89. The molecule has 0 atom stereocenters. The van der Waals surface area contributed by atoms with E-state index in [1.807, 2.05) is 0 Å². The van der Waals surface area contributed by atoms with Gasteiger partial charge in [0.1, 0.15) is 5.82 Å². The Morgan fingerprint density at radius 3 is 2.81 bits per heavy atom. The summed E-state index contributed by atoms with van der Waals surface area (Å²) in [6, 6.07) is 8.98. The van der Waals surface area contributed by atoms with Crippen LogP contribution in [0.2, 0.25) is 5.02 Å². The topological polar surface area (TPSA) is 64.3 Å². The summed E-state index contributed by atoms with van der Waals surface area (Å²) < 4.78 is 18.8. The second kappa shape index (κ2) is 6.45. The number of hydrogen-bond donors (Lipinski definition) is 2. The molecule has 0 saturated carbocycles. The molecule has 4 nitrogen and oxygen atoms in total. The van der Waals surface area contributed by atoms with E-state index < -0.39 is 11.8 Å². The Balaban J connectivity index is 2.41. The number of hydrogen-bond acceptors (Lipinski definition) is 4. The van der Waals surface area contributed by atoms with Gasteiger partial charge in [-0.1, -0.05) is 17.7 Å². The highest BCUT2D eigenvalue weighted by Crippen LogP contribution is 2.30. The normalized spacial score (nSPS) is 10.2. The molecule has 0 amide bonds. The van der Waals surface area contributed by atoms with Crippen molar-refractivity contribution in [3.05, 3.63) is 52.8 Å². The lowest BCUT2D eigenvalue weighted by atomic mass is 10.1. The van der Waals surface area contributed by atoms with Gasteiger partial charge >= 0.3 is 5.97 Å².